The van der Waals surface area contributed by atoms with E-state index < -0.39 is 5.41 Å². The van der Waals surface area contributed by atoms with E-state index in [0.717, 1.165) is 19.3 Å². The summed E-state index contributed by atoms with van der Waals surface area (Å²) in [7, 11) is 0. The fraction of sp³-hybridized carbons (Fsp3) is 0.846. The van der Waals surface area contributed by atoms with Crippen LogP contribution in [0.1, 0.15) is 53.4 Å². The Kier molecular flexibility index (Phi) is 4.59. The van der Waals surface area contributed by atoms with Gasteiger partial charge in [0, 0.05) is 12.1 Å². The van der Waals surface area contributed by atoms with Crippen LogP contribution in [0.3, 0.4) is 0 Å². The van der Waals surface area contributed by atoms with Crippen molar-refractivity contribution in [2.75, 3.05) is 0 Å². The lowest BCUT2D eigenvalue weighted by Crippen LogP contribution is -2.52. The van der Waals surface area contributed by atoms with Gasteiger partial charge < -0.3 is 15.8 Å². The van der Waals surface area contributed by atoms with Crippen molar-refractivity contribution in [3.63, 3.8) is 0 Å². The fourth-order valence-electron chi connectivity index (χ4n) is 2.68. The van der Waals surface area contributed by atoms with Crippen LogP contribution < -0.4 is 5.73 Å². The standard InChI is InChI=1S/C13H25N3O2/c1-5-10-8-7-9(3)16(10)12(17)13(4,6-2)11(14)15-18/h9-10,18H,5-8H2,1-4H3,(H2,14,15). The summed E-state index contributed by atoms with van der Waals surface area (Å²) in [5.41, 5.74) is 4.81. The molecule has 18 heavy (non-hydrogen) atoms. The predicted molar refractivity (Wildman–Crippen MR) is 71.4 cm³/mol. The minimum atomic E-state index is -0.902. The van der Waals surface area contributed by atoms with Crippen molar-refractivity contribution in [3.8, 4) is 0 Å². The van der Waals surface area contributed by atoms with Crippen molar-refractivity contribution in [1.29, 1.82) is 0 Å². The number of carbonyl (C=O) groups is 1. The van der Waals surface area contributed by atoms with E-state index in [1.54, 1.807) is 6.92 Å². The molecule has 5 heteroatoms. The van der Waals surface area contributed by atoms with Crippen LogP contribution in [0, 0.1) is 5.41 Å². The summed E-state index contributed by atoms with van der Waals surface area (Å²) in [6, 6.07) is 0.518. The molecule has 3 atom stereocenters. The number of likely N-dealkylation sites (tertiary alicyclic amines) is 1. The number of carbonyl (C=O) groups excluding carboxylic acids is 1. The van der Waals surface area contributed by atoms with Crippen LogP contribution in [0.25, 0.3) is 0 Å². The molecule has 0 aliphatic carbocycles. The molecule has 0 aromatic heterocycles. The third kappa shape index (κ3) is 2.31. The first-order valence-corrected chi connectivity index (χ1v) is 6.73. The molecule has 0 saturated carbocycles. The van der Waals surface area contributed by atoms with Crippen molar-refractivity contribution in [2.24, 2.45) is 16.3 Å². The summed E-state index contributed by atoms with van der Waals surface area (Å²) in [5, 5.41) is 11.9. The summed E-state index contributed by atoms with van der Waals surface area (Å²) < 4.78 is 0. The highest BCUT2D eigenvalue weighted by atomic mass is 16.4. The van der Waals surface area contributed by atoms with E-state index in [0.29, 0.717) is 6.42 Å². The summed E-state index contributed by atoms with van der Waals surface area (Å²) in [5.74, 6) is -0.0129. The van der Waals surface area contributed by atoms with Crippen LogP contribution in [0.15, 0.2) is 5.16 Å². The smallest absolute Gasteiger partial charge is 0.236 e. The molecule has 0 radical (unpaired) electrons. The molecule has 0 bridgehead atoms. The first-order chi connectivity index (χ1) is 8.42. The van der Waals surface area contributed by atoms with Crippen molar-refractivity contribution >= 4 is 11.7 Å². The molecular formula is C13H25N3O2. The Morgan fingerprint density at radius 1 is 1.50 bits per heavy atom. The van der Waals surface area contributed by atoms with Gasteiger partial charge in [-0.1, -0.05) is 19.0 Å². The van der Waals surface area contributed by atoms with Crippen molar-refractivity contribution in [2.45, 2.75) is 65.5 Å². The summed E-state index contributed by atoms with van der Waals surface area (Å²) in [6.07, 6.45) is 3.55. The maximum atomic E-state index is 12.7. The number of nitrogens with two attached hydrogens (primary N) is 1. The first kappa shape index (κ1) is 14.8. The molecule has 1 aliphatic heterocycles. The number of amidine groups is 1. The molecule has 104 valence electrons. The lowest BCUT2D eigenvalue weighted by Gasteiger charge is -2.36. The highest BCUT2D eigenvalue weighted by Crippen LogP contribution is 2.33. The Labute approximate surface area is 109 Å². The van der Waals surface area contributed by atoms with E-state index in [1.807, 2.05) is 11.8 Å². The third-order valence-corrected chi connectivity index (χ3v) is 4.34. The molecule has 1 aliphatic rings. The van der Waals surface area contributed by atoms with Crippen molar-refractivity contribution in [1.82, 2.24) is 4.90 Å². The Balaban J connectivity index is 3.04. The number of amides is 1. The number of hydrogen-bond acceptors (Lipinski definition) is 3. The van der Waals surface area contributed by atoms with Gasteiger partial charge in [0.15, 0.2) is 5.84 Å². The number of oxime groups is 1. The lowest BCUT2D eigenvalue weighted by atomic mass is 9.84. The van der Waals surface area contributed by atoms with Crippen LogP contribution in [0.2, 0.25) is 0 Å². The van der Waals surface area contributed by atoms with E-state index in [9.17, 15) is 4.79 Å². The van der Waals surface area contributed by atoms with Crippen LogP contribution in [0.5, 0.6) is 0 Å². The second kappa shape index (κ2) is 5.59. The van der Waals surface area contributed by atoms with Gasteiger partial charge in [0.05, 0.1) is 0 Å². The Morgan fingerprint density at radius 3 is 2.56 bits per heavy atom. The van der Waals surface area contributed by atoms with E-state index in [1.165, 1.54) is 0 Å². The minimum absolute atomic E-state index is 0.00366. The largest absolute Gasteiger partial charge is 0.409 e. The molecule has 3 unspecified atom stereocenters. The quantitative estimate of drug-likeness (QED) is 0.349. The van der Waals surface area contributed by atoms with Crippen LogP contribution in [0.4, 0.5) is 0 Å². The van der Waals surface area contributed by atoms with Gasteiger partial charge in [-0.25, -0.2) is 0 Å². The Hall–Kier alpha value is -1.26. The maximum Gasteiger partial charge on any atom is 0.236 e. The second-order valence-electron chi connectivity index (χ2n) is 5.37. The zero-order chi connectivity index (χ0) is 13.9. The zero-order valence-electron chi connectivity index (χ0n) is 11.8. The van der Waals surface area contributed by atoms with Crippen molar-refractivity contribution < 1.29 is 10.0 Å². The second-order valence-corrected chi connectivity index (χ2v) is 5.37. The molecule has 3 N–H and O–H groups in total. The SMILES string of the molecule is CCC1CCC(C)N1C(=O)C(C)(CC)C(N)=NO. The van der Waals surface area contributed by atoms with Crippen LogP contribution >= 0.6 is 0 Å². The predicted octanol–water partition coefficient (Wildman–Crippen LogP) is 1.94. The summed E-state index contributed by atoms with van der Waals surface area (Å²) in [6.45, 7) is 7.80. The van der Waals surface area contributed by atoms with Gasteiger partial charge in [-0.2, -0.15) is 0 Å². The molecule has 1 fully saturated rings. The molecule has 0 aromatic carbocycles. The van der Waals surface area contributed by atoms with E-state index in [-0.39, 0.29) is 23.8 Å². The van der Waals surface area contributed by atoms with E-state index in [4.69, 9.17) is 10.9 Å². The van der Waals surface area contributed by atoms with Gasteiger partial charge in [0.2, 0.25) is 5.91 Å². The maximum absolute atomic E-state index is 12.7. The van der Waals surface area contributed by atoms with Gasteiger partial charge in [-0.3, -0.25) is 4.79 Å². The monoisotopic (exact) mass is 255 g/mol. The molecular weight excluding hydrogens is 230 g/mol. The zero-order valence-corrected chi connectivity index (χ0v) is 11.8. The molecule has 1 heterocycles. The summed E-state index contributed by atoms with van der Waals surface area (Å²) >= 11 is 0. The molecule has 0 spiro atoms. The van der Waals surface area contributed by atoms with Gasteiger partial charge in [-0.05, 0) is 39.5 Å². The summed E-state index contributed by atoms with van der Waals surface area (Å²) in [4.78, 5) is 14.7. The van der Waals surface area contributed by atoms with E-state index >= 15 is 0 Å². The minimum Gasteiger partial charge on any atom is -0.409 e. The number of rotatable bonds is 4. The molecule has 5 nitrogen and oxygen atoms in total. The number of hydrogen-bond donors (Lipinski definition) is 2. The third-order valence-electron chi connectivity index (χ3n) is 4.34. The van der Waals surface area contributed by atoms with Gasteiger partial charge in [0.25, 0.3) is 0 Å². The van der Waals surface area contributed by atoms with Gasteiger partial charge in [0.1, 0.15) is 5.41 Å². The first-order valence-electron chi connectivity index (χ1n) is 6.73. The Bertz CT molecular complexity index is 343. The van der Waals surface area contributed by atoms with Gasteiger partial charge in [-0.15, -0.1) is 0 Å². The highest BCUT2D eigenvalue weighted by Gasteiger charge is 2.44. The molecule has 1 amide bonds. The van der Waals surface area contributed by atoms with E-state index in [2.05, 4.69) is 19.0 Å². The normalized spacial score (nSPS) is 28.2. The topological polar surface area (TPSA) is 78.9 Å². The molecule has 0 aromatic rings. The fourth-order valence-corrected chi connectivity index (χ4v) is 2.68. The van der Waals surface area contributed by atoms with Gasteiger partial charge >= 0.3 is 0 Å². The molecule has 1 rings (SSSR count). The average molecular weight is 255 g/mol. The lowest BCUT2D eigenvalue weighted by molar-refractivity contribution is -0.140. The van der Waals surface area contributed by atoms with Crippen LogP contribution in [-0.2, 0) is 4.79 Å². The van der Waals surface area contributed by atoms with Crippen LogP contribution in [-0.4, -0.2) is 33.9 Å². The molecule has 1 saturated heterocycles. The number of nitrogens with zero attached hydrogens (tertiary/aromatic N) is 2. The van der Waals surface area contributed by atoms with Crippen molar-refractivity contribution in [3.05, 3.63) is 0 Å². The Morgan fingerprint density at radius 2 is 2.11 bits per heavy atom. The highest BCUT2D eigenvalue weighted by molar-refractivity contribution is 6.06. The average Bonchev–Trinajstić information content (AvgIpc) is 2.76.